The molecule has 0 saturated carbocycles. The summed E-state index contributed by atoms with van der Waals surface area (Å²) in [7, 11) is 0. The van der Waals surface area contributed by atoms with Crippen LogP contribution in [0.3, 0.4) is 0 Å². The summed E-state index contributed by atoms with van der Waals surface area (Å²) in [5, 5.41) is 2.82. The predicted molar refractivity (Wildman–Crippen MR) is 101 cm³/mol. The SMILES string of the molecule is O=C(Nc1ccccc1)C1CCCN(C(=O)COc2ccc(F)c(Cl)c2)C1. The van der Waals surface area contributed by atoms with Crippen LogP contribution in [0.1, 0.15) is 12.8 Å². The minimum Gasteiger partial charge on any atom is -0.484 e. The zero-order valence-corrected chi connectivity index (χ0v) is 15.4. The van der Waals surface area contributed by atoms with Gasteiger partial charge in [-0.2, -0.15) is 0 Å². The molecule has 1 aliphatic heterocycles. The molecule has 3 rings (SSSR count). The van der Waals surface area contributed by atoms with E-state index in [9.17, 15) is 14.0 Å². The Morgan fingerprint density at radius 1 is 1.22 bits per heavy atom. The van der Waals surface area contributed by atoms with Crippen molar-refractivity contribution in [2.75, 3.05) is 25.0 Å². The summed E-state index contributed by atoms with van der Waals surface area (Å²) in [6.07, 6.45) is 1.48. The number of halogens is 2. The van der Waals surface area contributed by atoms with Crippen molar-refractivity contribution in [3.05, 3.63) is 59.4 Å². The second-order valence-corrected chi connectivity index (χ2v) is 6.81. The number of amides is 2. The van der Waals surface area contributed by atoms with Gasteiger partial charge in [0.15, 0.2) is 6.61 Å². The Morgan fingerprint density at radius 2 is 2.00 bits per heavy atom. The van der Waals surface area contributed by atoms with Gasteiger partial charge in [0, 0.05) is 24.8 Å². The average molecular weight is 391 g/mol. The van der Waals surface area contributed by atoms with Crippen molar-refractivity contribution in [2.24, 2.45) is 5.92 Å². The number of benzene rings is 2. The zero-order valence-electron chi connectivity index (χ0n) is 14.7. The van der Waals surface area contributed by atoms with E-state index in [1.165, 1.54) is 18.2 Å². The standard InChI is InChI=1S/C20H20ClFN2O3/c21-17-11-16(8-9-18(17)22)27-13-19(25)24-10-4-5-14(12-24)20(26)23-15-6-2-1-3-7-15/h1-3,6-9,11,14H,4-5,10,12-13H2,(H,23,26). The second-order valence-electron chi connectivity index (χ2n) is 6.40. The highest BCUT2D eigenvalue weighted by Gasteiger charge is 2.28. The molecule has 0 aliphatic carbocycles. The van der Waals surface area contributed by atoms with Gasteiger partial charge in [-0.3, -0.25) is 9.59 Å². The van der Waals surface area contributed by atoms with E-state index in [1.807, 2.05) is 30.3 Å². The van der Waals surface area contributed by atoms with Crippen LogP contribution in [-0.2, 0) is 9.59 Å². The molecule has 1 unspecified atom stereocenters. The van der Waals surface area contributed by atoms with Crippen molar-refractivity contribution in [2.45, 2.75) is 12.8 Å². The molecule has 2 amide bonds. The minimum atomic E-state index is -0.543. The monoisotopic (exact) mass is 390 g/mol. The van der Waals surface area contributed by atoms with Gasteiger partial charge in [-0.05, 0) is 37.1 Å². The lowest BCUT2D eigenvalue weighted by Crippen LogP contribution is -2.45. The maximum Gasteiger partial charge on any atom is 0.260 e. The lowest BCUT2D eigenvalue weighted by atomic mass is 9.97. The molecule has 1 heterocycles. The summed E-state index contributed by atoms with van der Waals surface area (Å²) in [6, 6.07) is 13.2. The van der Waals surface area contributed by atoms with Crippen molar-refractivity contribution < 1.29 is 18.7 Å². The highest BCUT2D eigenvalue weighted by atomic mass is 35.5. The zero-order chi connectivity index (χ0) is 19.2. The maximum absolute atomic E-state index is 13.2. The Labute approximate surface area is 162 Å². The van der Waals surface area contributed by atoms with E-state index in [2.05, 4.69) is 5.32 Å². The first-order valence-electron chi connectivity index (χ1n) is 8.74. The van der Waals surface area contributed by atoms with Crippen LogP contribution >= 0.6 is 11.6 Å². The van der Waals surface area contributed by atoms with Crippen LogP contribution in [0, 0.1) is 11.7 Å². The molecule has 5 nitrogen and oxygen atoms in total. The fourth-order valence-electron chi connectivity index (χ4n) is 2.99. The van der Waals surface area contributed by atoms with E-state index in [1.54, 1.807) is 4.90 Å². The average Bonchev–Trinajstić information content (AvgIpc) is 2.69. The predicted octanol–water partition coefficient (Wildman–Crippen LogP) is 3.74. The Bertz CT molecular complexity index is 816. The number of anilines is 1. The van der Waals surface area contributed by atoms with Gasteiger partial charge in [0.2, 0.25) is 5.91 Å². The molecular formula is C20H20ClFN2O3. The lowest BCUT2D eigenvalue weighted by molar-refractivity contribution is -0.136. The summed E-state index contributed by atoms with van der Waals surface area (Å²) < 4.78 is 18.6. The van der Waals surface area contributed by atoms with Crippen LogP contribution in [0.4, 0.5) is 10.1 Å². The molecule has 0 radical (unpaired) electrons. The van der Waals surface area contributed by atoms with Crippen molar-refractivity contribution in [3.63, 3.8) is 0 Å². The van der Waals surface area contributed by atoms with Gasteiger partial charge < -0.3 is 15.0 Å². The topological polar surface area (TPSA) is 58.6 Å². The molecule has 0 aromatic heterocycles. The van der Waals surface area contributed by atoms with E-state index in [0.717, 1.165) is 18.5 Å². The largest absolute Gasteiger partial charge is 0.484 e. The first kappa shape index (κ1) is 19.2. The van der Waals surface area contributed by atoms with Crippen LogP contribution in [0.25, 0.3) is 0 Å². The molecule has 1 saturated heterocycles. The van der Waals surface area contributed by atoms with E-state index >= 15 is 0 Å². The molecule has 1 fully saturated rings. The Morgan fingerprint density at radius 3 is 2.74 bits per heavy atom. The highest BCUT2D eigenvalue weighted by Crippen LogP contribution is 2.22. The number of carbonyl (C=O) groups is 2. The van der Waals surface area contributed by atoms with Gasteiger partial charge in [-0.25, -0.2) is 4.39 Å². The minimum absolute atomic E-state index is 0.0597. The highest BCUT2D eigenvalue weighted by molar-refractivity contribution is 6.30. The maximum atomic E-state index is 13.2. The van der Waals surface area contributed by atoms with Crippen molar-refractivity contribution in [1.29, 1.82) is 0 Å². The summed E-state index contributed by atoms with van der Waals surface area (Å²) >= 11 is 5.70. The molecule has 142 valence electrons. The fraction of sp³-hybridized carbons (Fsp3) is 0.300. The number of para-hydroxylation sites is 1. The number of hydrogen-bond acceptors (Lipinski definition) is 3. The van der Waals surface area contributed by atoms with Crippen LogP contribution in [0.5, 0.6) is 5.75 Å². The number of likely N-dealkylation sites (tertiary alicyclic amines) is 1. The van der Waals surface area contributed by atoms with Gasteiger partial charge in [-0.1, -0.05) is 29.8 Å². The van der Waals surface area contributed by atoms with Gasteiger partial charge >= 0.3 is 0 Å². The summed E-state index contributed by atoms with van der Waals surface area (Å²) in [5.74, 6) is -0.787. The molecule has 2 aromatic rings. The summed E-state index contributed by atoms with van der Waals surface area (Å²) in [5.41, 5.74) is 0.738. The van der Waals surface area contributed by atoms with E-state index in [4.69, 9.17) is 16.3 Å². The molecule has 1 aliphatic rings. The summed E-state index contributed by atoms with van der Waals surface area (Å²) in [4.78, 5) is 26.5. The molecule has 1 N–H and O–H groups in total. The lowest BCUT2D eigenvalue weighted by Gasteiger charge is -2.32. The number of ether oxygens (including phenoxy) is 1. The van der Waals surface area contributed by atoms with E-state index in [-0.39, 0.29) is 29.4 Å². The van der Waals surface area contributed by atoms with Gasteiger partial charge in [0.1, 0.15) is 11.6 Å². The molecule has 2 aromatic carbocycles. The Hall–Kier alpha value is -2.60. The molecular weight excluding hydrogens is 371 g/mol. The van der Waals surface area contributed by atoms with Crippen LogP contribution in [0.15, 0.2) is 48.5 Å². The molecule has 27 heavy (non-hydrogen) atoms. The number of nitrogens with zero attached hydrogens (tertiary/aromatic N) is 1. The fourth-order valence-corrected chi connectivity index (χ4v) is 3.16. The van der Waals surface area contributed by atoms with Crippen LogP contribution < -0.4 is 10.1 Å². The summed E-state index contributed by atoms with van der Waals surface area (Å²) in [6.45, 7) is 0.751. The van der Waals surface area contributed by atoms with Crippen molar-refractivity contribution in [3.8, 4) is 5.75 Å². The van der Waals surface area contributed by atoms with Gasteiger partial charge in [0.05, 0.1) is 10.9 Å². The van der Waals surface area contributed by atoms with Gasteiger partial charge in [0.25, 0.3) is 5.91 Å². The number of carbonyl (C=O) groups excluding carboxylic acids is 2. The third-order valence-corrected chi connectivity index (χ3v) is 4.73. The molecule has 1 atom stereocenters. The van der Waals surface area contributed by atoms with Crippen LogP contribution in [0.2, 0.25) is 5.02 Å². The molecule has 7 heteroatoms. The quantitative estimate of drug-likeness (QED) is 0.846. The second kappa shape index (κ2) is 8.86. The number of hydrogen-bond donors (Lipinski definition) is 1. The normalized spacial score (nSPS) is 16.7. The van der Waals surface area contributed by atoms with Gasteiger partial charge in [-0.15, -0.1) is 0 Å². The third kappa shape index (κ3) is 5.20. The van der Waals surface area contributed by atoms with E-state index < -0.39 is 5.82 Å². The Kier molecular flexibility index (Phi) is 6.29. The number of piperidine rings is 1. The Balaban J connectivity index is 1.52. The van der Waals surface area contributed by atoms with Crippen LogP contribution in [-0.4, -0.2) is 36.4 Å². The van der Waals surface area contributed by atoms with Crippen molar-refractivity contribution in [1.82, 2.24) is 4.90 Å². The molecule has 0 bridgehead atoms. The molecule has 0 spiro atoms. The van der Waals surface area contributed by atoms with E-state index in [0.29, 0.717) is 18.8 Å². The number of rotatable bonds is 5. The number of nitrogens with one attached hydrogen (secondary N) is 1. The first-order valence-corrected chi connectivity index (χ1v) is 9.12. The first-order chi connectivity index (χ1) is 13.0. The third-order valence-electron chi connectivity index (χ3n) is 4.44. The van der Waals surface area contributed by atoms with Crippen molar-refractivity contribution >= 4 is 29.1 Å². The smallest absolute Gasteiger partial charge is 0.260 e.